The van der Waals surface area contributed by atoms with Gasteiger partial charge in [0.05, 0.1) is 11.6 Å². The Balaban J connectivity index is 1.55. The zero-order chi connectivity index (χ0) is 24.7. The zero-order valence-corrected chi connectivity index (χ0v) is 19.8. The van der Waals surface area contributed by atoms with Crippen LogP contribution in [0.15, 0.2) is 72.3 Å². The average molecular weight is 492 g/mol. The van der Waals surface area contributed by atoms with E-state index >= 15 is 0 Å². The van der Waals surface area contributed by atoms with E-state index in [4.69, 9.17) is 16.3 Å². The molecule has 0 bridgehead atoms. The van der Waals surface area contributed by atoms with Crippen LogP contribution in [0, 0.1) is 5.82 Å². The maximum atomic E-state index is 13.3. The molecule has 35 heavy (non-hydrogen) atoms. The van der Waals surface area contributed by atoms with Crippen molar-refractivity contribution in [2.75, 3.05) is 6.54 Å². The molecule has 1 amide bonds. The van der Waals surface area contributed by atoms with Gasteiger partial charge in [0.2, 0.25) is 0 Å². The minimum atomic E-state index is -0.781. The lowest BCUT2D eigenvalue weighted by Crippen LogP contribution is -2.31. The molecule has 1 saturated heterocycles. The first-order valence-corrected chi connectivity index (χ1v) is 11.8. The molecular formula is C28H23ClFNO4. The third kappa shape index (κ3) is 4.42. The van der Waals surface area contributed by atoms with Crippen LogP contribution >= 0.6 is 11.6 Å². The molecule has 0 spiro atoms. The molecule has 2 aliphatic rings. The second kappa shape index (κ2) is 9.19. The molecule has 178 valence electrons. The highest BCUT2D eigenvalue weighted by Gasteiger charge is 2.45. The van der Waals surface area contributed by atoms with Crippen molar-refractivity contribution in [3.05, 3.63) is 105 Å². The summed E-state index contributed by atoms with van der Waals surface area (Å²) in [5.74, 6) is -1.25. The molecule has 1 fully saturated rings. The Kier molecular flexibility index (Phi) is 6.07. The van der Waals surface area contributed by atoms with Gasteiger partial charge in [0, 0.05) is 23.6 Å². The molecule has 0 radical (unpaired) electrons. The highest BCUT2D eigenvalue weighted by Crippen LogP contribution is 2.41. The third-order valence-corrected chi connectivity index (χ3v) is 6.70. The van der Waals surface area contributed by atoms with E-state index in [1.807, 2.05) is 6.92 Å². The van der Waals surface area contributed by atoms with Crippen LogP contribution in [-0.2, 0) is 22.4 Å². The molecule has 0 aromatic heterocycles. The highest BCUT2D eigenvalue weighted by molar-refractivity contribution is 6.46. The fourth-order valence-corrected chi connectivity index (χ4v) is 4.85. The number of fused-ring (bicyclic) bond motifs is 1. The Morgan fingerprint density at radius 3 is 2.51 bits per heavy atom. The maximum Gasteiger partial charge on any atom is 0.295 e. The molecule has 3 aromatic carbocycles. The van der Waals surface area contributed by atoms with Crippen molar-refractivity contribution in [3.8, 4) is 5.75 Å². The Labute approximate surface area is 207 Å². The number of ketones is 1. The number of ether oxygens (including phenoxy) is 1. The van der Waals surface area contributed by atoms with Crippen LogP contribution in [0.5, 0.6) is 5.75 Å². The molecule has 0 aliphatic carbocycles. The van der Waals surface area contributed by atoms with Gasteiger partial charge in [0.1, 0.15) is 23.4 Å². The van der Waals surface area contributed by atoms with Crippen LogP contribution in [0.1, 0.15) is 35.2 Å². The first-order valence-electron chi connectivity index (χ1n) is 11.4. The molecule has 2 atom stereocenters. The first kappa shape index (κ1) is 23.1. The number of hydrogen-bond acceptors (Lipinski definition) is 4. The number of Topliss-reactive ketones (excluding diaryl/α,β-unsaturated/α-hetero) is 1. The van der Waals surface area contributed by atoms with Crippen molar-refractivity contribution >= 4 is 29.1 Å². The Bertz CT molecular complexity index is 1330. The van der Waals surface area contributed by atoms with Crippen LogP contribution in [-0.4, -0.2) is 34.3 Å². The summed E-state index contributed by atoms with van der Waals surface area (Å²) in [6.45, 7) is 2.18. The number of carbonyl (C=O) groups is 2. The molecule has 7 heteroatoms. The lowest BCUT2D eigenvalue weighted by molar-refractivity contribution is -0.139. The monoisotopic (exact) mass is 491 g/mol. The fraction of sp³-hybridized carbons (Fsp3) is 0.214. The quantitative estimate of drug-likeness (QED) is 0.292. The summed E-state index contributed by atoms with van der Waals surface area (Å²) in [4.78, 5) is 27.8. The van der Waals surface area contributed by atoms with Gasteiger partial charge in [-0.3, -0.25) is 9.59 Å². The highest BCUT2D eigenvalue weighted by atomic mass is 35.5. The predicted octanol–water partition coefficient (Wildman–Crippen LogP) is 5.47. The number of halogens is 2. The number of rotatable bonds is 5. The second-order valence-electron chi connectivity index (χ2n) is 8.88. The van der Waals surface area contributed by atoms with Crippen molar-refractivity contribution in [3.63, 3.8) is 0 Å². The number of aliphatic hydroxyl groups excluding tert-OH is 1. The molecule has 0 saturated carbocycles. The van der Waals surface area contributed by atoms with E-state index < -0.39 is 17.7 Å². The fourth-order valence-electron chi connectivity index (χ4n) is 4.73. The van der Waals surface area contributed by atoms with E-state index in [0.717, 1.165) is 16.9 Å². The average Bonchev–Trinajstić information content (AvgIpc) is 3.34. The first-order chi connectivity index (χ1) is 16.8. The molecule has 5 rings (SSSR count). The van der Waals surface area contributed by atoms with Crippen molar-refractivity contribution in [1.29, 1.82) is 0 Å². The number of aliphatic hydroxyl groups is 1. The Morgan fingerprint density at radius 1 is 1.09 bits per heavy atom. The number of carbonyl (C=O) groups excluding carboxylic acids is 2. The summed E-state index contributed by atoms with van der Waals surface area (Å²) in [7, 11) is 0. The molecule has 1 N–H and O–H groups in total. The SMILES string of the molecule is CC1Cc2cc(/C(O)=C3/C(=O)C(=O)N(CCc4ccc(F)cc4)C3c3ccc(Cl)cc3)ccc2O1. The van der Waals surface area contributed by atoms with Gasteiger partial charge in [-0.15, -0.1) is 0 Å². The summed E-state index contributed by atoms with van der Waals surface area (Å²) in [6, 6.07) is 17.4. The van der Waals surface area contributed by atoms with Crippen LogP contribution in [0.25, 0.3) is 5.76 Å². The van der Waals surface area contributed by atoms with Crippen LogP contribution < -0.4 is 4.74 Å². The number of likely N-dealkylation sites (tertiary alicyclic amines) is 1. The number of nitrogens with zero attached hydrogens (tertiary/aromatic N) is 1. The topological polar surface area (TPSA) is 66.8 Å². The smallest absolute Gasteiger partial charge is 0.295 e. The Morgan fingerprint density at radius 2 is 1.80 bits per heavy atom. The van der Waals surface area contributed by atoms with Crippen molar-refractivity contribution in [2.24, 2.45) is 0 Å². The van der Waals surface area contributed by atoms with Gasteiger partial charge < -0.3 is 14.7 Å². The summed E-state index contributed by atoms with van der Waals surface area (Å²) in [5, 5.41) is 11.8. The van der Waals surface area contributed by atoms with E-state index in [0.29, 0.717) is 29.0 Å². The van der Waals surface area contributed by atoms with Gasteiger partial charge in [-0.05, 0) is 72.5 Å². The molecule has 2 heterocycles. The number of amides is 1. The lowest BCUT2D eigenvalue weighted by atomic mass is 9.94. The van der Waals surface area contributed by atoms with Gasteiger partial charge in [-0.2, -0.15) is 0 Å². The molecule has 2 unspecified atom stereocenters. The van der Waals surface area contributed by atoms with Gasteiger partial charge >= 0.3 is 0 Å². The molecule has 2 aliphatic heterocycles. The standard InChI is InChI=1S/C28H23ClFNO4/c1-16-14-20-15-19(6-11-23(20)35-16)26(32)24-25(18-4-7-21(29)8-5-18)31(28(34)27(24)33)13-12-17-2-9-22(30)10-3-17/h2-11,15-16,25,32H,12-14H2,1H3/b26-24-. The number of hydrogen-bond donors (Lipinski definition) is 1. The van der Waals surface area contributed by atoms with Gasteiger partial charge in [-0.25, -0.2) is 4.39 Å². The molecule has 5 nitrogen and oxygen atoms in total. The number of benzene rings is 3. The van der Waals surface area contributed by atoms with E-state index in [1.54, 1.807) is 54.6 Å². The normalized spacial score (nSPS) is 20.7. The van der Waals surface area contributed by atoms with Crippen LogP contribution in [0.2, 0.25) is 5.02 Å². The lowest BCUT2D eigenvalue weighted by Gasteiger charge is -2.25. The summed E-state index contributed by atoms with van der Waals surface area (Å²) in [5.41, 5.74) is 2.92. The second-order valence-corrected chi connectivity index (χ2v) is 9.31. The predicted molar refractivity (Wildman–Crippen MR) is 131 cm³/mol. The van der Waals surface area contributed by atoms with E-state index in [9.17, 15) is 19.1 Å². The van der Waals surface area contributed by atoms with Crippen molar-refractivity contribution in [1.82, 2.24) is 4.90 Å². The van der Waals surface area contributed by atoms with Gasteiger partial charge in [0.25, 0.3) is 11.7 Å². The van der Waals surface area contributed by atoms with Gasteiger partial charge in [0.15, 0.2) is 0 Å². The van der Waals surface area contributed by atoms with Crippen LogP contribution in [0.3, 0.4) is 0 Å². The largest absolute Gasteiger partial charge is 0.507 e. The summed E-state index contributed by atoms with van der Waals surface area (Å²) in [6.07, 6.45) is 1.16. The van der Waals surface area contributed by atoms with E-state index in [1.165, 1.54) is 17.0 Å². The van der Waals surface area contributed by atoms with Crippen molar-refractivity contribution < 1.29 is 23.8 Å². The van der Waals surface area contributed by atoms with Crippen LogP contribution in [0.4, 0.5) is 4.39 Å². The Hall–Kier alpha value is -3.64. The summed E-state index contributed by atoms with van der Waals surface area (Å²) < 4.78 is 19.0. The van der Waals surface area contributed by atoms with E-state index in [-0.39, 0.29) is 29.8 Å². The zero-order valence-electron chi connectivity index (χ0n) is 19.0. The molecular weight excluding hydrogens is 469 g/mol. The minimum Gasteiger partial charge on any atom is -0.507 e. The summed E-state index contributed by atoms with van der Waals surface area (Å²) >= 11 is 6.08. The third-order valence-electron chi connectivity index (χ3n) is 6.45. The maximum absolute atomic E-state index is 13.3. The van der Waals surface area contributed by atoms with Crippen molar-refractivity contribution in [2.45, 2.75) is 31.9 Å². The minimum absolute atomic E-state index is 0.0309. The molecule has 3 aromatic rings. The van der Waals surface area contributed by atoms with E-state index in [2.05, 4.69) is 0 Å². The van der Waals surface area contributed by atoms with Gasteiger partial charge in [-0.1, -0.05) is 35.9 Å².